The van der Waals surface area contributed by atoms with Gasteiger partial charge in [0.25, 0.3) is 0 Å². The number of nitrogens with one attached hydrogen (secondary N) is 1. The molecule has 3 nitrogen and oxygen atoms in total. The number of halogens is 1. The SMILES string of the molecule is CCOc1ccc(CNCc2cccc(Br)c2)cc1OC. The maximum atomic E-state index is 5.52. The molecule has 112 valence electrons. The third-order valence-electron chi connectivity index (χ3n) is 3.08. The summed E-state index contributed by atoms with van der Waals surface area (Å²) in [7, 11) is 1.66. The highest BCUT2D eigenvalue weighted by molar-refractivity contribution is 9.10. The summed E-state index contributed by atoms with van der Waals surface area (Å²) < 4.78 is 12.0. The molecule has 0 aliphatic carbocycles. The van der Waals surface area contributed by atoms with Crippen LogP contribution in [-0.4, -0.2) is 13.7 Å². The minimum absolute atomic E-state index is 0.636. The van der Waals surface area contributed by atoms with Crippen LogP contribution in [0.15, 0.2) is 46.9 Å². The lowest BCUT2D eigenvalue weighted by Gasteiger charge is -2.11. The molecular formula is C17H20BrNO2. The van der Waals surface area contributed by atoms with Gasteiger partial charge in [-0.1, -0.05) is 34.1 Å². The molecule has 4 heteroatoms. The van der Waals surface area contributed by atoms with Crippen molar-refractivity contribution < 1.29 is 9.47 Å². The Hall–Kier alpha value is -1.52. The summed E-state index contributed by atoms with van der Waals surface area (Å²) in [4.78, 5) is 0. The van der Waals surface area contributed by atoms with E-state index in [1.807, 2.05) is 31.2 Å². The van der Waals surface area contributed by atoms with E-state index in [1.165, 1.54) is 11.1 Å². The highest BCUT2D eigenvalue weighted by atomic mass is 79.9. The van der Waals surface area contributed by atoms with Crippen molar-refractivity contribution in [1.29, 1.82) is 0 Å². The van der Waals surface area contributed by atoms with Crippen molar-refractivity contribution in [1.82, 2.24) is 5.32 Å². The molecule has 2 rings (SSSR count). The predicted octanol–water partition coefficient (Wildman–Crippen LogP) is 4.15. The molecule has 0 aliphatic rings. The lowest BCUT2D eigenvalue weighted by Crippen LogP contribution is -2.12. The van der Waals surface area contributed by atoms with Gasteiger partial charge in [-0.25, -0.2) is 0 Å². The van der Waals surface area contributed by atoms with E-state index in [1.54, 1.807) is 7.11 Å². The van der Waals surface area contributed by atoms with Crippen molar-refractivity contribution in [2.45, 2.75) is 20.0 Å². The van der Waals surface area contributed by atoms with Crippen LogP contribution in [0.4, 0.5) is 0 Å². The second kappa shape index (κ2) is 8.05. The van der Waals surface area contributed by atoms with E-state index in [9.17, 15) is 0 Å². The Morgan fingerprint density at radius 2 is 1.76 bits per heavy atom. The predicted molar refractivity (Wildman–Crippen MR) is 88.8 cm³/mol. The zero-order valence-corrected chi connectivity index (χ0v) is 13.9. The van der Waals surface area contributed by atoms with Crippen molar-refractivity contribution in [3.05, 3.63) is 58.1 Å². The minimum Gasteiger partial charge on any atom is -0.493 e. The van der Waals surface area contributed by atoms with E-state index in [4.69, 9.17) is 9.47 Å². The van der Waals surface area contributed by atoms with Crippen LogP contribution in [0.5, 0.6) is 11.5 Å². The first kappa shape index (κ1) is 15.9. The third-order valence-corrected chi connectivity index (χ3v) is 3.57. The Balaban J connectivity index is 1.94. The molecule has 2 aromatic carbocycles. The van der Waals surface area contributed by atoms with Gasteiger partial charge in [0.05, 0.1) is 13.7 Å². The van der Waals surface area contributed by atoms with Crippen molar-refractivity contribution >= 4 is 15.9 Å². The first-order chi connectivity index (χ1) is 10.2. The van der Waals surface area contributed by atoms with Gasteiger partial charge in [0, 0.05) is 17.6 Å². The van der Waals surface area contributed by atoms with Crippen LogP contribution in [0.3, 0.4) is 0 Å². The van der Waals surface area contributed by atoms with E-state index >= 15 is 0 Å². The highest BCUT2D eigenvalue weighted by Crippen LogP contribution is 2.28. The lowest BCUT2D eigenvalue weighted by molar-refractivity contribution is 0.310. The first-order valence-electron chi connectivity index (χ1n) is 6.97. The second-order valence-corrected chi connectivity index (χ2v) is 5.57. The smallest absolute Gasteiger partial charge is 0.161 e. The van der Waals surface area contributed by atoms with Gasteiger partial charge in [-0.15, -0.1) is 0 Å². The number of hydrogen-bond donors (Lipinski definition) is 1. The maximum absolute atomic E-state index is 5.52. The second-order valence-electron chi connectivity index (χ2n) is 4.65. The van der Waals surface area contributed by atoms with Gasteiger partial charge < -0.3 is 14.8 Å². The van der Waals surface area contributed by atoms with E-state index in [0.29, 0.717) is 6.61 Å². The van der Waals surface area contributed by atoms with Crippen LogP contribution >= 0.6 is 15.9 Å². The Bertz CT molecular complexity index is 587. The van der Waals surface area contributed by atoms with Gasteiger partial charge in [0.1, 0.15) is 0 Å². The summed E-state index contributed by atoms with van der Waals surface area (Å²) in [5.74, 6) is 1.56. The lowest BCUT2D eigenvalue weighted by atomic mass is 10.2. The highest BCUT2D eigenvalue weighted by Gasteiger charge is 2.05. The number of hydrogen-bond acceptors (Lipinski definition) is 3. The fourth-order valence-electron chi connectivity index (χ4n) is 2.09. The molecule has 0 bridgehead atoms. The van der Waals surface area contributed by atoms with E-state index < -0.39 is 0 Å². The Labute approximate surface area is 134 Å². The molecular weight excluding hydrogens is 330 g/mol. The summed E-state index contributed by atoms with van der Waals surface area (Å²) in [5.41, 5.74) is 2.42. The van der Waals surface area contributed by atoms with E-state index in [2.05, 4.69) is 39.4 Å². The van der Waals surface area contributed by atoms with Crippen LogP contribution in [-0.2, 0) is 13.1 Å². The van der Waals surface area contributed by atoms with Crippen LogP contribution in [0, 0.1) is 0 Å². The largest absolute Gasteiger partial charge is 0.493 e. The number of ether oxygens (including phenoxy) is 2. The average Bonchev–Trinajstić information content (AvgIpc) is 2.49. The molecule has 1 N–H and O–H groups in total. The fraction of sp³-hybridized carbons (Fsp3) is 0.294. The zero-order chi connectivity index (χ0) is 15.1. The van der Waals surface area contributed by atoms with E-state index in [-0.39, 0.29) is 0 Å². The zero-order valence-electron chi connectivity index (χ0n) is 12.4. The molecule has 21 heavy (non-hydrogen) atoms. The van der Waals surface area contributed by atoms with E-state index in [0.717, 1.165) is 29.1 Å². The number of benzene rings is 2. The molecule has 0 radical (unpaired) electrons. The number of methoxy groups -OCH3 is 1. The van der Waals surface area contributed by atoms with Gasteiger partial charge in [-0.2, -0.15) is 0 Å². The van der Waals surface area contributed by atoms with Crippen LogP contribution in [0.2, 0.25) is 0 Å². The standard InChI is InChI=1S/C17H20BrNO2/c1-3-21-16-8-7-14(10-17(16)20-2)12-19-11-13-5-4-6-15(18)9-13/h4-10,19H,3,11-12H2,1-2H3. The molecule has 0 saturated heterocycles. The summed E-state index contributed by atoms with van der Waals surface area (Å²) in [6, 6.07) is 14.3. The molecule has 0 aliphatic heterocycles. The van der Waals surface area contributed by atoms with Gasteiger partial charge in [-0.3, -0.25) is 0 Å². The number of rotatable bonds is 7. The van der Waals surface area contributed by atoms with Crippen LogP contribution in [0.1, 0.15) is 18.1 Å². The average molecular weight is 350 g/mol. The summed E-state index contributed by atoms with van der Waals surface area (Å²) >= 11 is 3.48. The van der Waals surface area contributed by atoms with Gasteiger partial charge >= 0.3 is 0 Å². The Kier molecular flexibility index (Phi) is 6.08. The molecule has 0 aromatic heterocycles. The Morgan fingerprint density at radius 3 is 2.43 bits per heavy atom. The van der Waals surface area contributed by atoms with Crippen molar-refractivity contribution in [2.24, 2.45) is 0 Å². The molecule has 0 spiro atoms. The quantitative estimate of drug-likeness (QED) is 0.814. The molecule has 0 unspecified atom stereocenters. The molecule has 0 fully saturated rings. The normalized spacial score (nSPS) is 10.4. The molecule has 0 saturated carbocycles. The van der Waals surface area contributed by atoms with Gasteiger partial charge in [0.2, 0.25) is 0 Å². The Morgan fingerprint density at radius 1 is 1.00 bits per heavy atom. The summed E-state index contributed by atoms with van der Waals surface area (Å²) in [5, 5.41) is 3.43. The van der Waals surface area contributed by atoms with Crippen LogP contribution in [0.25, 0.3) is 0 Å². The molecule has 0 atom stereocenters. The van der Waals surface area contributed by atoms with Crippen molar-refractivity contribution in [3.63, 3.8) is 0 Å². The third kappa shape index (κ3) is 4.76. The monoisotopic (exact) mass is 349 g/mol. The molecule has 0 heterocycles. The summed E-state index contributed by atoms with van der Waals surface area (Å²) in [6.45, 7) is 4.22. The first-order valence-corrected chi connectivity index (χ1v) is 7.77. The van der Waals surface area contributed by atoms with Crippen molar-refractivity contribution in [2.75, 3.05) is 13.7 Å². The summed E-state index contributed by atoms with van der Waals surface area (Å²) in [6.07, 6.45) is 0. The topological polar surface area (TPSA) is 30.5 Å². The minimum atomic E-state index is 0.636. The van der Waals surface area contributed by atoms with Crippen LogP contribution < -0.4 is 14.8 Å². The van der Waals surface area contributed by atoms with Gasteiger partial charge in [0.15, 0.2) is 11.5 Å². The maximum Gasteiger partial charge on any atom is 0.161 e. The fourth-order valence-corrected chi connectivity index (χ4v) is 2.54. The molecule has 0 amide bonds. The van der Waals surface area contributed by atoms with Crippen molar-refractivity contribution in [3.8, 4) is 11.5 Å². The molecule has 2 aromatic rings. The van der Waals surface area contributed by atoms with Gasteiger partial charge in [-0.05, 0) is 42.3 Å².